The van der Waals surface area contributed by atoms with E-state index < -0.39 is 0 Å². The largest absolute Gasteiger partial charge is 0.496 e. The molecule has 1 unspecified atom stereocenters. The average Bonchev–Trinajstić information content (AvgIpc) is 2.71. The molecule has 0 aliphatic rings. The number of ether oxygens (including phenoxy) is 2. The first-order valence-electron chi connectivity index (χ1n) is 9.24. The topological polar surface area (TPSA) is 64.6 Å². The first-order chi connectivity index (χ1) is 13.1. The number of esters is 1. The van der Waals surface area contributed by atoms with Crippen LogP contribution >= 0.6 is 0 Å². The summed E-state index contributed by atoms with van der Waals surface area (Å²) >= 11 is 0. The van der Waals surface area contributed by atoms with Gasteiger partial charge in [0.05, 0.1) is 25.2 Å². The molecule has 0 heterocycles. The van der Waals surface area contributed by atoms with Gasteiger partial charge >= 0.3 is 5.97 Å². The molecule has 144 valence electrons. The van der Waals surface area contributed by atoms with E-state index in [1.807, 2.05) is 43.3 Å². The van der Waals surface area contributed by atoms with Gasteiger partial charge in [-0.1, -0.05) is 43.3 Å². The van der Waals surface area contributed by atoms with Crippen LogP contribution in [0.1, 0.15) is 41.8 Å². The van der Waals surface area contributed by atoms with Crippen LogP contribution in [0.2, 0.25) is 0 Å². The van der Waals surface area contributed by atoms with Gasteiger partial charge in [-0.3, -0.25) is 9.59 Å². The molecule has 0 spiro atoms. The normalized spacial score (nSPS) is 11.5. The lowest BCUT2D eigenvalue weighted by Crippen LogP contribution is -2.24. The van der Waals surface area contributed by atoms with E-state index in [-0.39, 0.29) is 17.8 Å². The quantitative estimate of drug-likeness (QED) is 0.684. The van der Waals surface area contributed by atoms with Crippen molar-refractivity contribution in [3.63, 3.8) is 0 Å². The highest BCUT2D eigenvalue weighted by molar-refractivity contribution is 5.97. The fraction of sp³-hybridized carbons (Fsp3) is 0.364. The van der Waals surface area contributed by atoms with Crippen LogP contribution in [0.3, 0.4) is 0 Å². The number of carbonyl (C=O) groups is 2. The predicted octanol–water partition coefficient (Wildman–Crippen LogP) is 3.76. The first kappa shape index (κ1) is 20.5. The third-order valence-electron chi connectivity index (χ3n) is 4.40. The molecule has 27 heavy (non-hydrogen) atoms. The smallest absolute Gasteiger partial charge is 0.309 e. The molecule has 0 aromatic heterocycles. The molecule has 2 rings (SSSR count). The third-order valence-corrected chi connectivity index (χ3v) is 4.40. The molecule has 5 nitrogen and oxygen atoms in total. The fourth-order valence-corrected chi connectivity index (χ4v) is 2.87. The summed E-state index contributed by atoms with van der Waals surface area (Å²) in [5, 5.41) is 2.92. The van der Waals surface area contributed by atoms with Gasteiger partial charge in [-0.05, 0) is 43.0 Å². The van der Waals surface area contributed by atoms with E-state index in [2.05, 4.69) is 5.32 Å². The van der Waals surface area contributed by atoms with Gasteiger partial charge in [0.2, 0.25) is 0 Å². The Bertz CT molecular complexity index is 758. The molecule has 5 heteroatoms. The van der Waals surface area contributed by atoms with Crippen LogP contribution in [0, 0.1) is 5.92 Å². The number of hydrogen-bond donors (Lipinski definition) is 1. The number of amides is 1. The molecule has 0 aliphatic carbocycles. The average molecular weight is 369 g/mol. The van der Waals surface area contributed by atoms with Crippen molar-refractivity contribution in [3.05, 3.63) is 65.2 Å². The summed E-state index contributed by atoms with van der Waals surface area (Å²) in [6.07, 6.45) is 1.21. The maximum Gasteiger partial charge on any atom is 0.309 e. The Morgan fingerprint density at radius 2 is 1.78 bits per heavy atom. The number of hydrogen-bond acceptors (Lipinski definition) is 4. The second-order valence-corrected chi connectivity index (χ2v) is 6.26. The van der Waals surface area contributed by atoms with E-state index in [0.29, 0.717) is 37.3 Å². The van der Waals surface area contributed by atoms with Crippen molar-refractivity contribution in [1.29, 1.82) is 0 Å². The van der Waals surface area contributed by atoms with E-state index in [4.69, 9.17) is 9.47 Å². The molecule has 1 N–H and O–H groups in total. The highest BCUT2D eigenvalue weighted by Crippen LogP contribution is 2.23. The lowest BCUT2D eigenvalue weighted by molar-refractivity contribution is -0.148. The molecule has 0 bridgehead atoms. The highest BCUT2D eigenvalue weighted by Gasteiger charge is 2.20. The van der Waals surface area contributed by atoms with Crippen LogP contribution in [-0.4, -0.2) is 25.6 Å². The van der Waals surface area contributed by atoms with E-state index in [1.165, 1.54) is 7.11 Å². The molecular weight excluding hydrogens is 342 g/mol. The Hall–Kier alpha value is -2.82. The summed E-state index contributed by atoms with van der Waals surface area (Å²) in [4.78, 5) is 24.7. The predicted molar refractivity (Wildman–Crippen MR) is 105 cm³/mol. The van der Waals surface area contributed by atoms with Gasteiger partial charge in [0, 0.05) is 6.54 Å². The molecule has 0 saturated heterocycles. The Balaban J connectivity index is 2.13. The van der Waals surface area contributed by atoms with Gasteiger partial charge in [0.1, 0.15) is 5.75 Å². The number of rotatable bonds is 9. The fourth-order valence-electron chi connectivity index (χ4n) is 2.87. The van der Waals surface area contributed by atoms with E-state index in [9.17, 15) is 9.59 Å². The Morgan fingerprint density at radius 1 is 1.04 bits per heavy atom. The molecule has 0 radical (unpaired) electrons. The van der Waals surface area contributed by atoms with Gasteiger partial charge in [0.15, 0.2) is 0 Å². The molecule has 0 aliphatic heterocycles. The monoisotopic (exact) mass is 369 g/mol. The summed E-state index contributed by atoms with van der Waals surface area (Å²) in [6, 6.07) is 15.2. The van der Waals surface area contributed by atoms with Crippen LogP contribution in [-0.2, 0) is 22.5 Å². The number of carbonyl (C=O) groups excluding carboxylic acids is 2. The molecule has 1 atom stereocenters. The van der Waals surface area contributed by atoms with E-state index >= 15 is 0 Å². The van der Waals surface area contributed by atoms with Gasteiger partial charge in [-0.15, -0.1) is 0 Å². The molecule has 0 saturated carbocycles. The number of nitrogens with one attached hydrogen (secondary N) is 1. The minimum absolute atomic E-state index is 0.203. The van der Waals surface area contributed by atoms with Gasteiger partial charge in [-0.25, -0.2) is 0 Å². The number of methoxy groups -OCH3 is 1. The van der Waals surface area contributed by atoms with Gasteiger partial charge in [-0.2, -0.15) is 0 Å². The third kappa shape index (κ3) is 5.84. The number of benzene rings is 2. The van der Waals surface area contributed by atoms with Crippen molar-refractivity contribution in [2.45, 2.75) is 33.2 Å². The van der Waals surface area contributed by atoms with Crippen LogP contribution < -0.4 is 10.1 Å². The van der Waals surface area contributed by atoms with Gasteiger partial charge < -0.3 is 14.8 Å². The first-order valence-corrected chi connectivity index (χ1v) is 9.24. The molecule has 2 aromatic rings. The zero-order valence-corrected chi connectivity index (χ0v) is 16.2. The zero-order valence-electron chi connectivity index (χ0n) is 16.2. The maximum absolute atomic E-state index is 12.7. The van der Waals surface area contributed by atoms with Crippen molar-refractivity contribution in [1.82, 2.24) is 5.32 Å². The Labute approximate surface area is 160 Å². The van der Waals surface area contributed by atoms with Crippen molar-refractivity contribution in [3.8, 4) is 5.75 Å². The SMILES string of the molecule is CCOC(=O)C(CC)Cc1ccc(OC)c(C(=O)NCc2ccccc2)c1. The summed E-state index contributed by atoms with van der Waals surface area (Å²) < 4.78 is 10.5. The van der Waals surface area contributed by atoms with E-state index in [1.54, 1.807) is 19.1 Å². The minimum atomic E-state index is -0.224. The van der Waals surface area contributed by atoms with Crippen molar-refractivity contribution >= 4 is 11.9 Å². The van der Waals surface area contributed by atoms with Crippen molar-refractivity contribution in [2.24, 2.45) is 5.92 Å². The second-order valence-electron chi connectivity index (χ2n) is 6.26. The zero-order chi connectivity index (χ0) is 19.6. The second kappa shape index (κ2) is 10.4. The summed E-state index contributed by atoms with van der Waals surface area (Å²) in [5.41, 5.74) is 2.39. The maximum atomic E-state index is 12.7. The molecular formula is C22H27NO4. The summed E-state index contributed by atoms with van der Waals surface area (Å²) in [5.74, 6) is -0.125. The summed E-state index contributed by atoms with van der Waals surface area (Å²) in [6.45, 7) is 4.56. The standard InChI is InChI=1S/C22H27NO4/c1-4-18(22(25)27-5-2)13-17-11-12-20(26-3)19(14-17)21(24)23-15-16-9-7-6-8-10-16/h6-12,14,18H,4-5,13,15H2,1-3H3,(H,23,24). The summed E-state index contributed by atoms with van der Waals surface area (Å²) in [7, 11) is 1.54. The van der Waals surface area contributed by atoms with E-state index in [0.717, 1.165) is 11.1 Å². The van der Waals surface area contributed by atoms with Crippen molar-refractivity contribution < 1.29 is 19.1 Å². The highest BCUT2D eigenvalue weighted by atomic mass is 16.5. The van der Waals surface area contributed by atoms with Gasteiger partial charge in [0.25, 0.3) is 5.91 Å². The van der Waals surface area contributed by atoms with Crippen LogP contribution in [0.4, 0.5) is 0 Å². The van der Waals surface area contributed by atoms with Crippen LogP contribution in [0.25, 0.3) is 0 Å². The van der Waals surface area contributed by atoms with Crippen LogP contribution in [0.5, 0.6) is 5.75 Å². The lowest BCUT2D eigenvalue weighted by atomic mass is 9.95. The van der Waals surface area contributed by atoms with Crippen LogP contribution in [0.15, 0.2) is 48.5 Å². The minimum Gasteiger partial charge on any atom is -0.496 e. The molecule has 1 amide bonds. The van der Waals surface area contributed by atoms with Crippen molar-refractivity contribution in [2.75, 3.05) is 13.7 Å². The lowest BCUT2D eigenvalue weighted by Gasteiger charge is -2.15. The Morgan fingerprint density at radius 3 is 2.41 bits per heavy atom. The molecule has 2 aromatic carbocycles. The Kier molecular flexibility index (Phi) is 7.86. The molecule has 0 fully saturated rings.